The van der Waals surface area contributed by atoms with E-state index in [1.165, 1.54) is 0 Å². The number of halogens is 1. The largest absolute Gasteiger partial charge is 0.480 e. The molecule has 0 spiro atoms. The Morgan fingerprint density at radius 2 is 1.94 bits per heavy atom. The van der Waals surface area contributed by atoms with Crippen LogP contribution in [0.5, 0.6) is 0 Å². The van der Waals surface area contributed by atoms with Crippen LogP contribution >= 0.6 is 11.6 Å². The number of benzene rings is 1. The minimum absolute atomic E-state index is 0.487. The molecule has 0 bridgehead atoms. The number of hydrogen-bond donors (Lipinski definition) is 2. The van der Waals surface area contributed by atoms with Gasteiger partial charge in [0.2, 0.25) is 0 Å². The van der Waals surface area contributed by atoms with Gasteiger partial charge in [-0.05, 0) is 48.9 Å². The van der Waals surface area contributed by atoms with Crippen molar-refractivity contribution in [3.05, 3.63) is 29.3 Å². The predicted octanol–water partition coefficient (Wildman–Crippen LogP) is 3.64. The van der Waals surface area contributed by atoms with Crippen molar-refractivity contribution >= 4 is 23.3 Å². The van der Waals surface area contributed by atoms with Crippen molar-refractivity contribution in [3.63, 3.8) is 0 Å². The number of rotatable bonds is 4. The number of carboxylic acids is 1. The summed E-state index contributed by atoms with van der Waals surface area (Å²) in [6.07, 6.45) is 1.37. The van der Waals surface area contributed by atoms with Gasteiger partial charge in [-0.2, -0.15) is 0 Å². The van der Waals surface area contributed by atoms with E-state index in [1.54, 1.807) is 12.1 Å². The van der Waals surface area contributed by atoms with Crippen molar-refractivity contribution in [2.24, 2.45) is 11.8 Å². The van der Waals surface area contributed by atoms with E-state index in [4.69, 9.17) is 11.6 Å². The fourth-order valence-corrected chi connectivity index (χ4v) is 2.57. The van der Waals surface area contributed by atoms with Crippen LogP contribution in [0.2, 0.25) is 5.02 Å². The Hall–Kier alpha value is -1.22. The molecule has 98 valence electrons. The zero-order valence-corrected chi connectivity index (χ0v) is 11.4. The normalized spacial score (nSPS) is 26.8. The summed E-state index contributed by atoms with van der Waals surface area (Å²) in [6, 6.07) is 7.15. The summed E-state index contributed by atoms with van der Waals surface area (Å²) in [7, 11) is 0. The maximum atomic E-state index is 11.5. The van der Waals surface area contributed by atoms with Gasteiger partial charge < -0.3 is 10.4 Å². The van der Waals surface area contributed by atoms with Crippen molar-refractivity contribution in [2.75, 3.05) is 5.32 Å². The molecule has 1 aliphatic carbocycles. The molecule has 18 heavy (non-hydrogen) atoms. The average Bonchev–Trinajstić information content (AvgIpc) is 2.24. The first kappa shape index (κ1) is 13.2. The highest BCUT2D eigenvalue weighted by Crippen LogP contribution is 2.44. The van der Waals surface area contributed by atoms with Gasteiger partial charge in [0.1, 0.15) is 5.54 Å². The summed E-state index contributed by atoms with van der Waals surface area (Å²) < 4.78 is 0. The average molecular weight is 268 g/mol. The highest BCUT2D eigenvalue weighted by Gasteiger charge is 2.51. The van der Waals surface area contributed by atoms with Crippen molar-refractivity contribution in [1.82, 2.24) is 0 Å². The summed E-state index contributed by atoms with van der Waals surface area (Å²) in [5, 5.41) is 13.2. The summed E-state index contributed by atoms with van der Waals surface area (Å²) in [5.74, 6) is 0.250. The molecule has 1 aromatic rings. The number of hydrogen-bond acceptors (Lipinski definition) is 2. The monoisotopic (exact) mass is 267 g/mol. The van der Waals surface area contributed by atoms with E-state index in [1.807, 2.05) is 12.1 Å². The molecule has 2 rings (SSSR count). The maximum Gasteiger partial charge on any atom is 0.329 e. The smallest absolute Gasteiger partial charge is 0.329 e. The predicted molar refractivity (Wildman–Crippen MR) is 73.0 cm³/mol. The van der Waals surface area contributed by atoms with Gasteiger partial charge in [0.05, 0.1) is 0 Å². The van der Waals surface area contributed by atoms with Crippen molar-refractivity contribution in [1.29, 1.82) is 0 Å². The molecule has 0 amide bonds. The van der Waals surface area contributed by atoms with Gasteiger partial charge in [-0.3, -0.25) is 0 Å². The van der Waals surface area contributed by atoms with Crippen LogP contribution < -0.4 is 5.32 Å². The van der Waals surface area contributed by atoms with Crippen LogP contribution in [0, 0.1) is 11.8 Å². The number of nitrogens with one attached hydrogen (secondary N) is 1. The number of anilines is 1. The molecule has 0 aromatic heterocycles. The Kier molecular flexibility index (Phi) is 3.53. The molecule has 3 nitrogen and oxygen atoms in total. The number of carboxylic acid groups (broad SMARTS) is 1. The third kappa shape index (κ3) is 2.46. The van der Waals surface area contributed by atoms with E-state index in [0.717, 1.165) is 5.69 Å². The van der Waals surface area contributed by atoms with E-state index in [0.29, 0.717) is 29.7 Å². The van der Waals surface area contributed by atoms with Crippen LogP contribution in [0.4, 0.5) is 5.69 Å². The lowest BCUT2D eigenvalue weighted by atomic mass is 9.64. The number of aliphatic carboxylic acids is 1. The Balaban J connectivity index is 2.09. The molecule has 1 aromatic carbocycles. The van der Waals surface area contributed by atoms with Crippen LogP contribution in [0.25, 0.3) is 0 Å². The van der Waals surface area contributed by atoms with Crippen LogP contribution in [-0.4, -0.2) is 16.6 Å². The van der Waals surface area contributed by atoms with Crippen LogP contribution in [0.1, 0.15) is 26.7 Å². The van der Waals surface area contributed by atoms with E-state index in [-0.39, 0.29) is 0 Å². The molecule has 0 saturated heterocycles. The minimum Gasteiger partial charge on any atom is -0.480 e. The van der Waals surface area contributed by atoms with Gasteiger partial charge in [0.15, 0.2) is 0 Å². The van der Waals surface area contributed by atoms with Crippen molar-refractivity contribution in [2.45, 2.75) is 32.2 Å². The molecule has 0 atom stereocenters. The molecule has 2 N–H and O–H groups in total. The Morgan fingerprint density at radius 3 is 2.39 bits per heavy atom. The van der Waals surface area contributed by atoms with E-state index in [2.05, 4.69) is 19.2 Å². The van der Waals surface area contributed by atoms with Gasteiger partial charge >= 0.3 is 5.97 Å². The van der Waals surface area contributed by atoms with Crippen LogP contribution in [0.15, 0.2) is 24.3 Å². The summed E-state index contributed by atoms with van der Waals surface area (Å²) in [6.45, 7) is 4.28. The second kappa shape index (κ2) is 4.81. The van der Waals surface area contributed by atoms with Gasteiger partial charge in [-0.25, -0.2) is 4.79 Å². The second-order valence-corrected chi connectivity index (χ2v) is 5.87. The number of carbonyl (C=O) groups is 1. The van der Waals surface area contributed by atoms with Crippen molar-refractivity contribution in [3.8, 4) is 0 Å². The summed E-state index contributed by atoms with van der Waals surface area (Å²) >= 11 is 5.81. The second-order valence-electron chi connectivity index (χ2n) is 5.43. The molecule has 0 unspecified atom stereocenters. The maximum absolute atomic E-state index is 11.5. The molecule has 1 fully saturated rings. The third-order valence-electron chi connectivity index (χ3n) is 3.80. The molecule has 1 saturated carbocycles. The van der Waals surface area contributed by atoms with E-state index < -0.39 is 11.5 Å². The Bertz CT molecular complexity index is 436. The summed E-state index contributed by atoms with van der Waals surface area (Å²) in [4.78, 5) is 11.5. The van der Waals surface area contributed by atoms with Gasteiger partial charge in [-0.15, -0.1) is 0 Å². The van der Waals surface area contributed by atoms with E-state index >= 15 is 0 Å². The van der Waals surface area contributed by atoms with Gasteiger partial charge in [-0.1, -0.05) is 25.4 Å². The molecule has 0 aliphatic heterocycles. The lowest BCUT2D eigenvalue weighted by Gasteiger charge is -2.47. The first-order chi connectivity index (χ1) is 8.43. The molecule has 0 heterocycles. The first-order valence-electron chi connectivity index (χ1n) is 6.20. The third-order valence-corrected chi connectivity index (χ3v) is 4.05. The van der Waals surface area contributed by atoms with Crippen LogP contribution in [-0.2, 0) is 4.79 Å². The quantitative estimate of drug-likeness (QED) is 0.876. The summed E-state index contributed by atoms with van der Waals surface area (Å²) in [5.41, 5.74) is 0.00645. The minimum atomic E-state index is -0.803. The highest BCUT2D eigenvalue weighted by atomic mass is 35.5. The first-order valence-corrected chi connectivity index (χ1v) is 6.58. The van der Waals surface area contributed by atoms with Gasteiger partial charge in [0, 0.05) is 10.7 Å². The fraction of sp³-hybridized carbons (Fsp3) is 0.500. The zero-order chi connectivity index (χ0) is 13.3. The Labute approximate surface area is 112 Å². The molecular weight excluding hydrogens is 250 g/mol. The van der Waals surface area contributed by atoms with Crippen LogP contribution in [0.3, 0.4) is 0 Å². The molecular formula is C14H18ClNO2. The lowest BCUT2D eigenvalue weighted by molar-refractivity contribution is -0.148. The molecule has 0 radical (unpaired) electrons. The zero-order valence-electron chi connectivity index (χ0n) is 10.6. The SMILES string of the molecule is CC(C)C1CC(Nc2ccc(Cl)cc2)(C(=O)O)C1. The van der Waals surface area contributed by atoms with Crippen molar-refractivity contribution < 1.29 is 9.90 Å². The highest BCUT2D eigenvalue weighted by molar-refractivity contribution is 6.30. The van der Waals surface area contributed by atoms with Gasteiger partial charge in [0.25, 0.3) is 0 Å². The lowest BCUT2D eigenvalue weighted by Crippen LogP contribution is -2.57. The standard InChI is InChI=1S/C14H18ClNO2/c1-9(2)10-7-14(8-10,13(17)18)16-12-5-3-11(15)4-6-12/h3-6,9-10,16H,7-8H2,1-2H3,(H,17,18). The fourth-order valence-electron chi connectivity index (χ4n) is 2.45. The van der Waals surface area contributed by atoms with E-state index in [9.17, 15) is 9.90 Å². The molecule has 4 heteroatoms. The Morgan fingerprint density at radius 1 is 1.39 bits per heavy atom. The topological polar surface area (TPSA) is 49.3 Å². The molecule has 1 aliphatic rings.